The van der Waals surface area contributed by atoms with Crippen molar-refractivity contribution in [3.05, 3.63) is 53.2 Å². The van der Waals surface area contributed by atoms with E-state index in [0.717, 1.165) is 49.4 Å². The van der Waals surface area contributed by atoms with E-state index in [9.17, 15) is 15.2 Å². The van der Waals surface area contributed by atoms with Crippen molar-refractivity contribution < 1.29 is 14.6 Å². The van der Waals surface area contributed by atoms with E-state index in [2.05, 4.69) is 71.1 Å². The average Bonchev–Trinajstić information content (AvgIpc) is 3.39. The molecule has 2 unspecified atom stereocenters. The zero-order chi connectivity index (χ0) is 28.5. The molecule has 4 heterocycles. The summed E-state index contributed by atoms with van der Waals surface area (Å²) >= 11 is 0. The van der Waals surface area contributed by atoms with Gasteiger partial charge in [-0.05, 0) is 56.8 Å². The predicted molar refractivity (Wildman–Crippen MR) is 158 cm³/mol. The molecule has 10 heteroatoms. The van der Waals surface area contributed by atoms with Crippen molar-refractivity contribution in [3.63, 3.8) is 0 Å². The maximum Gasteiger partial charge on any atom is 0.407 e. The third-order valence-corrected chi connectivity index (χ3v) is 8.89. The molecule has 1 amide bonds. The lowest BCUT2D eigenvalue weighted by Crippen LogP contribution is -2.55. The van der Waals surface area contributed by atoms with Crippen LogP contribution in [0.4, 0.5) is 16.3 Å². The van der Waals surface area contributed by atoms with Crippen LogP contribution >= 0.6 is 0 Å². The second-order valence-electron chi connectivity index (χ2n) is 11.4. The zero-order valence-electron chi connectivity index (χ0n) is 23.8. The van der Waals surface area contributed by atoms with Crippen LogP contribution in [0.2, 0.25) is 0 Å². The van der Waals surface area contributed by atoms with Crippen LogP contribution in [0.25, 0.3) is 10.8 Å². The summed E-state index contributed by atoms with van der Waals surface area (Å²) in [5, 5.41) is 21.6. The number of carboxylic acid groups (broad SMARTS) is 1. The van der Waals surface area contributed by atoms with Crippen molar-refractivity contribution in [3.8, 4) is 12.1 Å². The van der Waals surface area contributed by atoms with Crippen LogP contribution in [0.15, 0.2) is 36.4 Å². The van der Waals surface area contributed by atoms with Crippen LogP contribution in [0.5, 0.6) is 6.01 Å². The van der Waals surface area contributed by atoms with E-state index in [1.54, 1.807) is 0 Å². The SMILES string of the molecule is Cc1cccc2cccc(N3CCc4c(nc(OCC5CCCN5C)nc4N4CCN(C(=O)O)C(CC#N)C4)C3)c12. The maximum absolute atomic E-state index is 11.8. The van der Waals surface area contributed by atoms with E-state index >= 15 is 0 Å². The second kappa shape index (κ2) is 11.4. The number of aromatic nitrogens is 2. The fourth-order valence-electron chi connectivity index (χ4n) is 6.63. The first-order valence-corrected chi connectivity index (χ1v) is 14.5. The Kier molecular flexibility index (Phi) is 7.54. The first-order valence-electron chi connectivity index (χ1n) is 14.5. The molecule has 3 aliphatic rings. The number of hydrogen-bond donors (Lipinski definition) is 1. The van der Waals surface area contributed by atoms with Gasteiger partial charge in [-0.15, -0.1) is 0 Å². The topological polar surface area (TPSA) is 109 Å². The number of piperazine rings is 1. The Balaban J connectivity index is 1.34. The predicted octanol–water partition coefficient (Wildman–Crippen LogP) is 4.06. The molecule has 0 radical (unpaired) electrons. The summed E-state index contributed by atoms with van der Waals surface area (Å²) in [5.41, 5.74) is 4.48. The van der Waals surface area contributed by atoms with Gasteiger partial charge in [-0.1, -0.05) is 30.3 Å². The van der Waals surface area contributed by atoms with Gasteiger partial charge in [0.05, 0.1) is 30.8 Å². The first-order chi connectivity index (χ1) is 19.9. The van der Waals surface area contributed by atoms with Gasteiger partial charge in [0, 0.05) is 48.9 Å². The molecule has 3 aliphatic heterocycles. The van der Waals surface area contributed by atoms with Gasteiger partial charge in [0.2, 0.25) is 0 Å². The molecular formula is C31H37N7O3. The van der Waals surface area contributed by atoms with E-state index < -0.39 is 12.1 Å². The molecule has 214 valence electrons. The lowest BCUT2D eigenvalue weighted by molar-refractivity contribution is 0.119. The van der Waals surface area contributed by atoms with Gasteiger partial charge >= 0.3 is 12.1 Å². The van der Waals surface area contributed by atoms with Crippen molar-refractivity contribution in [1.82, 2.24) is 19.8 Å². The lowest BCUT2D eigenvalue weighted by Gasteiger charge is -2.41. The molecule has 2 atom stereocenters. The third kappa shape index (κ3) is 5.34. The molecule has 6 rings (SSSR count). The van der Waals surface area contributed by atoms with E-state index in [-0.39, 0.29) is 6.42 Å². The molecule has 0 spiro atoms. The molecule has 2 saturated heterocycles. The molecule has 0 bridgehead atoms. The van der Waals surface area contributed by atoms with Gasteiger partial charge in [0.25, 0.3) is 0 Å². The number of benzene rings is 2. The van der Waals surface area contributed by atoms with Gasteiger partial charge in [-0.2, -0.15) is 15.2 Å². The number of aryl methyl sites for hydroxylation is 1. The molecule has 1 aromatic heterocycles. The Morgan fingerprint density at radius 1 is 1.10 bits per heavy atom. The fourth-order valence-corrected chi connectivity index (χ4v) is 6.63. The summed E-state index contributed by atoms with van der Waals surface area (Å²) < 4.78 is 6.26. The summed E-state index contributed by atoms with van der Waals surface area (Å²) in [7, 11) is 2.13. The first kappa shape index (κ1) is 27.1. The number of amides is 1. The van der Waals surface area contributed by atoms with Crippen LogP contribution < -0.4 is 14.5 Å². The summed E-state index contributed by atoms with van der Waals surface area (Å²) in [4.78, 5) is 29.9. The van der Waals surface area contributed by atoms with Crippen molar-refractivity contribution in [2.75, 3.05) is 56.2 Å². The van der Waals surface area contributed by atoms with Gasteiger partial charge in [0.15, 0.2) is 0 Å². The summed E-state index contributed by atoms with van der Waals surface area (Å²) in [5.74, 6) is 0.812. The van der Waals surface area contributed by atoms with Crippen LogP contribution in [0.3, 0.4) is 0 Å². The highest BCUT2D eigenvalue weighted by Crippen LogP contribution is 2.36. The Hall–Kier alpha value is -4.10. The van der Waals surface area contributed by atoms with Crippen molar-refractivity contribution >= 4 is 28.4 Å². The zero-order valence-corrected chi connectivity index (χ0v) is 23.8. The Labute approximate surface area is 240 Å². The monoisotopic (exact) mass is 555 g/mol. The number of nitrogens with zero attached hydrogens (tertiary/aromatic N) is 7. The smallest absolute Gasteiger partial charge is 0.407 e. The Morgan fingerprint density at radius 3 is 2.68 bits per heavy atom. The number of nitriles is 1. The Morgan fingerprint density at radius 2 is 1.93 bits per heavy atom. The summed E-state index contributed by atoms with van der Waals surface area (Å²) in [6.07, 6.45) is 2.17. The van der Waals surface area contributed by atoms with Crippen LogP contribution in [-0.2, 0) is 13.0 Å². The number of ether oxygens (including phenoxy) is 1. The molecule has 41 heavy (non-hydrogen) atoms. The largest absolute Gasteiger partial charge is 0.465 e. The van der Waals surface area contributed by atoms with E-state index in [0.29, 0.717) is 44.8 Å². The van der Waals surface area contributed by atoms with Gasteiger partial charge in [-0.25, -0.2) is 4.79 Å². The highest BCUT2D eigenvalue weighted by atomic mass is 16.5. The minimum absolute atomic E-state index is 0.141. The molecule has 2 aromatic carbocycles. The third-order valence-electron chi connectivity index (χ3n) is 8.89. The molecule has 10 nitrogen and oxygen atoms in total. The summed E-state index contributed by atoms with van der Waals surface area (Å²) in [6.45, 7) is 6.46. The molecule has 0 aliphatic carbocycles. The molecular weight excluding hydrogens is 518 g/mol. The number of rotatable bonds is 6. The van der Waals surface area contributed by atoms with Crippen LogP contribution in [-0.4, -0.2) is 89.4 Å². The van der Waals surface area contributed by atoms with E-state index in [1.165, 1.54) is 26.9 Å². The number of hydrogen-bond acceptors (Lipinski definition) is 8. The molecule has 3 aromatic rings. The van der Waals surface area contributed by atoms with Crippen LogP contribution in [0, 0.1) is 18.3 Å². The van der Waals surface area contributed by atoms with Crippen molar-refractivity contribution in [2.45, 2.75) is 51.2 Å². The number of anilines is 2. The van der Waals surface area contributed by atoms with Gasteiger partial charge in [-0.3, -0.25) is 0 Å². The second-order valence-corrected chi connectivity index (χ2v) is 11.4. The van der Waals surface area contributed by atoms with E-state index in [1.807, 2.05) is 0 Å². The Bertz CT molecular complexity index is 1480. The van der Waals surface area contributed by atoms with E-state index in [4.69, 9.17) is 14.7 Å². The number of carbonyl (C=O) groups is 1. The molecule has 0 saturated carbocycles. The molecule has 2 fully saturated rings. The normalized spacial score (nSPS) is 21.1. The minimum atomic E-state index is -0.986. The highest BCUT2D eigenvalue weighted by Gasteiger charge is 2.34. The standard InChI is InChI=1S/C31H37N7O3/c1-21-6-3-7-22-8-4-10-27(28(21)22)36-15-12-25-26(19-36)33-30(41-20-24-9-5-14-35(24)2)34-29(25)37-16-17-38(31(39)40)23(18-37)11-13-32/h3-4,6-8,10,23-24H,5,9,11-12,14-20H2,1-2H3,(H,39,40). The lowest BCUT2D eigenvalue weighted by atomic mass is 9.99. The van der Waals surface area contributed by atoms with Crippen molar-refractivity contribution in [1.29, 1.82) is 5.26 Å². The average molecular weight is 556 g/mol. The van der Waals surface area contributed by atoms with Gasteiger partial charge in [0.1, 0.15) is 12.4 Å². The quantitative estimate of drug-likeness (QED) is 0.482. The molecule has 1 N–H and O–H groups in total. The van der Waals surface area contributed by atoms with Crippen LogP contribution in [0.1, 0.15) is 36.1 Å². The minimum Gasteiger partial charge on any atom is -0.465 e. The van der Waals surface area contributed by atoms with Crippen molar-refractivity contribution in [2.24, 2.45) is 0 Å². The highest BCUT2D eigenvalue weighted by molar-refractivity contribution is 5.97. The number of likely N-dealkylation sites (tertiary alicyclic amines) is 1. The van der Waals surface area contributed by atoms with Gasteiger partial charge < -0.3 is 29.4 Å². The summed E-state index contributed by atoms with van der Waals surface area (Å²) in [6, 6.07) is 15.3. The maximum atomic E-state index is 11.8. The number of fused-ring (bicyclic) bond motifs is 2. The fraction of sp³-hybridized carbons (Fsp3) is 0.484. The number of likely N-dealkylation sites (N-methyl/N-ethyl adjacent to an activating group) is 1.